The van der Waals surface area contributed by atoms with Gasteiger partial charge in [-0.2, -0.15) is 0 Å². The molecule has 1 rings (SSSR count). The van der Waals surface area contributed by atoms with E-state index in [1.807, 2.05) is 6.92 Å². The maximum atomic E-state index is 11.7. The summed E-state index contributed by atoms with van der Waals surface area (Å²) in [5.41, 5.74) is 0.984. The zero-order chi connectivity index (χ0) is 16.4. The molecule has 1 aromatic carbocycles. The largest absolute Gasteiger partial charge is 0.395 e. The molecule has 0 unspecified atom stereocenters. The predicted molar refractivity (Wildman–Crippen MR) is 85.1 cm³/mol. The number of rotatable bonds is 10. The van der Waals surface area contributed by atoms with Crippen LogP contribution in [0.15, 0.2) is 18.2 Å². The molecule has 8 heteroatoms. The number of nitro benzene ring substituents is 1. The van der Waals surface area contributed by atoms with Gasteiger partial charge in [-0.1, -0.05) is 13.3 Å². The van der Waals surface area contributed by atoms with E-state index < -0.39 is 4.92 Å². The third-order valence-electron chi connectivity index (χ3n) is 2.93. The second-order valence-electron chi connectivity index (χ2n) is 4.69. The summed E-state index contributed by atoms with van der Waals surface area (Å²) < 4.78 is 0. The van der Waals surface area contributed by atoms with E-state index in [2.05, 4.69) is 16.0 Å². The number of hydrogen-bond donors (Lipinski definition) is 4. The Bertz CT molecular complexity index is 508. The van der Waals surface area contributed by atoms with Gasteiger partial charge in [-0.25, -0.2) is 0 Å². The second kappa shape index (κ2) is 9.56. The highest BCUT2D eigenvalue weighted by atomic mass is 16.6. The number of aliphatic hydroxyl groups is 1. The molecule has 0 heterocycles. The molecule has 122 valence electrons. The number of nitrogens with zero attached hydrogens (tertiary/aromatic N) is 1. The van der Waals surface area contributed by atoms with Crippen molar-refractivity contribution in [3.8, 4) is 0 Å². The first kappa shape index (κ1) is 17.7. The first-order valence-corrected chi connectivity index (χ1v) is 7.22. The summed E-state index contributed by atoms with van der Waals surface area (Å²) in [5.74, 6) is -0.173. The van der Waals surface area contributed by atoms with Gasteiger partial charge < -0.3 is 21.1 Å². The Morgan fingerprint density at radius 3 is 2.68 bits per heavy atom. The number of anilines is 2. The molecular formula is C14H22N4O4. The Morgan fingerprint density at radius 1 is 1.27 bits per heavy atom. The molecule has 1 aromatic rings. The fraction of sp³-hybridized carbons (Fsp3) is 0.500. The number of aliphatic hydroxyl groups excluding tert-OH is 1. The van der Waals surface area contributed by atoms with Gasteiger partial charge in [0.2, 0.25) is 5.91 Å². The van der Waals surface area contributed by atoms with Crippen molar-refractivity contribution in [1.82, 2.24) is 5.32 Å². The lowest BCUT2D eigenvalue weighted by molar-refractivity contribution is -0.384. The van der Waals surface area contributed by atoms with Gasteiger partial charge in [0.15, 0.2) is 0 Å². The Hall–Kier alpha value is -2.35. The lowest BCUT2D eigenvalue weighted by Gasteiger charge is -2.13. The highest BCUT2D eigenvalue weighted by Crippen LogP contribution is 2.26. The van der Waals surface area contributed by atoms with Crippen LogP contribution in [-0.4, -0.2) is 42.2 Å². The van der Waals surface area contributed by atoms with Gasteiger partial charge in [-0.05, 0) is 12.5 Å². The Kier molecular flexibility index (Phi) is 7.69. The highest BCUT2D eigenvalue weighted by Gasteiger charge is 2.11. The molecule has 0 saturated carbocycles. The fourth-order valence-electron chi connectivity index (χ4n) is 1.78. The van der Waals surface area contributed by atoms with Crippen molar-refractivity contribution in [2.45, 2.75) is 19.8 Å². The summed E-state index contributed by atoms with van der Waals surface area (Å²) in [5, 5.41) is 28.3. The summed E-state index contributed by atoms with van der Waals surface area (Å²) in [6, 6.07) is 4.27. The predicted octanol–water partition coefficient (Wildman–Crippen LogP) is 1.33. The summed E-state index contributed by atoms with van der Waals surface area (Å²) >= 11 is 0. The van der Waals surface area contributed by atoms with E-state index in [1.165, 1.54) is 12.1 Å². The van der Waals surface area contributed by atoms with E-state index in [-0.39, 0.29) is 24.7 Å². The number of hydrogen-bond acceptors (Lipinski definition) is 6. The number of non-ortho nitro benzene ring substituents is 1. The van der Waals surface area contributed by atoms with Gasteiger partial charge in [-0.3, -0.25) is 14.9 Å². The smallest absolute Gasteiger partial charge is 0.271 e. The molecule has 0 fully saturated rings. The minimum Gasteiger partial charge on any atom is -0.395 e. The van der Waals surface area contributed by atoms with Gasteiger partial charge in [0, 0.05) is 25.2 Å². The minimum absolute atomic E-state index is 0.0265. The standard InChI is InChI=1S/C14H22N4O4/c1-2-3-6-16-14(20)10-17-13-9-11(18(21)22)4-5-12(13)15-7-8-19/h4-5,9,15,17,19H,2-3,6-8,10H2,1H3,(H,16,20). The monoisotopic (exact) mass is 310 g/mol. The van der Waals surface area contributed by atoms with Crippen LogP contribution in [-0.2, 0) is 4.79 Å². The van der Waals surface area contributed by atoms with Crippen LogP contribution in [0.5, 0.6) is 0 Å². The van der Waals surface area contributed by atoms with Crippen LogP contribution in [0.2, 0.25) is 0 Å². The second-order valence-corrected chi connectivity index (χ2v) is 4.69. The Morgan fingerprint density at radius 2 is 2.05 bits per heavy atom. The normalized spacial score (nSPS) is 10.1. The van der Waals surface area contributed by atoms with E-state index in [0.29, 0.717) is 24.5 Å². The average Bonchev–Trinajstić information content (AvgIpc) is 2.51. The highest BCUT2D eigenvalue weighted by molar-refractivity contribution is 5.83. The molecule has 0 saturated heterocycles. The molecule has 0 spiro atoms. The fourth-order valence-corrected chi connectivity index (χ4v) is 1.78. The Balaban J connectivity index is 2.70. The maximum Gasteiger partial charge on any atom is 0.271 e. The van der Waals surface area contributed by atoms with E-state index in [4.69, 9.17) is 5.11 Å². The van der Waals surface area contributed by atoms with Crippen LogP contribution < -0.4 is 16.0 Å². The maximum absolute atomic E-state index is 11.7. The van der Waals surface area contributed by atoms with E-state index in [9.17, 15) is 14.9 Å². The van der Waals surface area contributed by atoms with Gasteiger partial charge in [0.25, 0.3) is 5.69 Å². The van der Waals surface area contributed by atoms with Crippen LogP contribution >= 0.6 is 0 Å². The molecule has 8 nitrogen and oxygen atoms in total. The van der Waals surface area contributed by atoms with Crippen molar-refractivity contribution in [3.63, 3.8) is 0 Å². The zero-order valence-electron chi connectivity index (χ0n) is 12.6. The van der Waals surface area contributed by atoms with Crippen molar-refractivity contribution >= 4 is 23.0 Å². The van der Waals surface area contributed by atoms with E-state index >= 15 is 0 Å². The lowest BCUT2D eigenvalue weighted by Crippen LogP contribution is -2.30. The minimum atomic E-state index is -0.498. The zero-order valence-corrected chi connectivity index (χ0v) is 12.6. The van der Waals surface area contributed by atoms with Crippen molar-refractivity contribution < 1.29 is 14.8 Å². The lowest BCUT2D eigenvalue weighted by atomic mass is 10.2. The van der Waals surface area contributed by atoms with Crippen molar-refractivity contribution in [2.75, 3.05) is 36.9 Å². The van der Waals surface area contributed by atoms with Crippen molar-refractivity contribution in [1.29, 1.82) is 0 Å². The SMILES string of the molecule is CCCCNC(=O)CNc1cc([N+](=O)[O-])ccc1NCCO. The van der Waals surface area contributed by atoms with Crippen LogP contribution in [0, 0.1) is 10.1 Å². The number of benzene rings is 1. The molecule has 0 bridgehead atoms. The number of amides is 1. The number of unbranched alkanes of at least 4 members (excludes halogenated alkanes) is 1. The third kappa shape index (κ3) is 5.96. The Labute approximate surface area is 129 Å². The molecule has 0 aliphatic rings. The quantitative estimate of drug-likeness (QED) is 0.294. The first-order chi connectivity index (χ1) is 10.6. The number of carbonyl (C=O) groups is 1. The molecule has 1 amide bonds. The average molecular weight is 310 g/mol. The van der Waals surface area contributed by atoms with Gasteiger partial charge in [0.1, 0.15) is 0 Å². The summed E-state index contributed by atoms with van der Waals surface area (Å²) in [6.45, 7) is 2.93. The topological polar surface area (TPSA) is 117 Å². The molecule has 0 aliphatic carbocycles. The van der Waals surface area contributed by atoms with Gasteiger partial charge in [0.05, 0.1) is 29.4 Å². The molecule has 4 N–H and O–H groups in total. The number of nitro groups is 1. The number of nitrogens with one attached hydrogen (secondary N) is 3. The molecule has 0 atom stereocenters. The van der Waals surface area contributed by atoms with Crippen LogP contribution in [0.4, 0.5) is 17.1 Å². The summed E-state index contributed by atoms with van der Waals surface area (Å²) in [4.78, 5) is 22.0. The van der Waals surface area contributed by atoms with Crippen LogP contribution in [0.1, 0.15) is 19.8 Å². The summed E-state index contributed by atoms with van der Waals surface area (Å²) in [7, 11) is 0. The van der Waals surface area contributed by atoms with Crippen LogP contribution in [0.3, 0.4) is 0 Å². The first-order valence-electron chi connectivity index (χ1n) is 7.22. The molecule has 0 radical (unpaired) electrons. The third-order valence-corrected chi connectivity index (χ3v) is 2.93. The van der Waals surface area contributed by atoms with Gasteiger partial charge in [-0.15, -0.1) is 0 Å². The van der Waals surface area contributed by atoms with Crippen molar-refractivity contribution in [2.24, 2.45) is 0 Å². The van der Waals surface area contributed by atoms with Crippen molar-refractivity contribution in [3.05, 3.63) is 28.3 Å². The van der Waals surface area contributed by atoms with E-state index in [1.54, 1.807) is 6.07 Å². The number of carbonyl (C=O) groups excluding carboxylic acids is 1. The molecular weight excluding hydrogens is 288 g/mol. The molecule has 22 heavy (non-hydrogen) atoms. The van der Waals surface area contributed by atoms with Crippen LogP contribution in [0.25, 0.3) is 0 Å². The van der Waals surface area contributed by atoms with Gasteiger partial charge >= 0.3 is 0 Å². The molecule has 0 aliphatic heterocycles. The van der Waals surface area contributed by atoms with E-state index in [0.717, 1.165) is 12.8 Å². The molecule has 0 aromatic heterocycles. The summed E-state index contributed by atoms with van der Waals surface area (Å²) in [6.07, 6.45) is 1.90.